The van der Waals surface area contributed by atoms with Crippen molar-refractivity contribution >= 4 is 15.9 Å². The van der Waals surface area contributed by atoms with Gasteiger partial charge in [0, 0.05) is 13.0 Å². The van der Waals surface area contributed by atoms with Crippen LogP contribution in [0.3, 0.4) is 0 Å². The Hall–Kier alpha value is -0.350. The monoisotopic (exact) mass is 243 g/mol. The van der Waals surface area contributed by atoms with Crippen LogP contribution in [0.2, 0.25) is 0 Å². The lowest BCUT2D eigenvalue weighted by Gasteiger charge is -2.23. The molecule has 0 bridgehead atoms. The van der Waals surface area contributed by atoms with Crippen LogP contribution in [-0.2, 0) is 7.05 Å². The van der Waals surface area contributed by atoms with Gasteiger partial charge in [-0.1, -0.05) is 0 Å². The Morgan fingerprint density at radius 1 is 1.54 bits per heavy atom. The van der Waals surface area contributed by atoms with Crippen molar-refractivity contribution in [2.24, 2.45) is 7.05 Å². The van der Waals surface area contributed by atoms with Gasteiger partial charge in [-0.25, -0.2) is 4.98 Å². The molecule has 0 radical (unpaired) electrons. The Labute approximate surface area is 86.7 Å². The van der Waals surface area contributed by atoms with Gasteiger partial charge in [0.25, 0.3) is 0 Å². The second-order valence-electron chi connectivity index (χ2n) is 3.56. The van der Waals surface area contributed by atoms with E-state index >= 15 is 0 Å². The molecule has 0 aliphatic carbocycles. The van der Waals surface area contributed by atoms with E-state index in [9.17, 15) is 0 Å². The van der Waals surface area contributed by atoms with E-state index in [-0.39, 0.29) is 0 Å². The van der Waals surface area contributed by atoms with Gasteiger partial charge in [0.1, 0.15) is 4.60 Å². The molecule has 0 spiro atoms. The Kier molecular flexibility index (Phi) is 2.69. The molecule has 4 heteroatoms. The minimum absolute atomic E-state index is 0.670. The molecular weight excluding hydrogens is 230 g/mol. The van der Waals surface area contributed by atoms with Gasteiger partial charge in [0.15, 0.2) is 0 Å². The molecule has 0 saturated carbocycles. The van der Waals surface area contributed by atoms with Crippen LogP contribution in [0.15, 0.2) is 10.9 Å². The van der Waals surface area contributed by atoms with Crippen LogP contribution in [0.4, 0.5) is 0 Å². The molecule has 1 N–H and O–H groups in total. The van der Waals surface area contributed by atoms with Crippen LogP contribution in [0.25, 0.3) is 0 Å². The number of hydrogen-bond acceptors (Lipinski definition) is 2. The summed E-state index contributed by atoms with van der Waals surface area (Å²) >= 11 is 3.50. The van der Waals surface area contributed by atoms with E-state index in [4.69, 9.17) is 0 Å². The van der Waals surface area contributed by atoms with Crippen LogP contribution in [-0.4, -0.2) is 22.6 Å². The van der Waals surface area contributed by atoms with Crippen molar-refractivity contribution in [2.75, 3.05) is 13.1 Å². The Bertz CT molecular complexity index is 270. The molecule has 2 rings (SSSR count). The van der Waals surface area contributed by atoms with Gasteiger partial charge in [0.2, 0.25) is 0 Å². The topological polar surface area (TPSA) is 29.9 Å². The first kappa shape index (κ1) is 9.21. The molecular formula is C9H14BrN3. The first-order valence-electron chi connectivity index (χ1n) is 4.66. The molecule has 2 heterocycles. The van der Waals surface area contributed by atoms with Crippen molar-refractivity contribution in [3.63, 3.8) is 0 Å². The summed E-state index contributed by atoms with van der Waals surface area (Å²) in [5.41, 5.74) is 1.35. The van der Waals surface area contributed by atoms with E-state index in [1.807, 2.05) is 6.33 Å². The van der Waals surface area contributed by atoms with Crippen LogP contribution < -0.4 is 5.32 Å². The predicted molar refractivity (Wildman–Crippen MR) is 55.8 cm³/mol. The minimum Gasteiger partial charge on any atom is -0.336 e. The standard InChI is InChI=1S/C9H14BrN3/c1-13-6-12-9(10)8(13)7-2-4-11-5-3-7/h6-7,11H,2-5H2,1H3. The van der Waals surface area contributed by atoms with E-state index in [0.717, 1.165) is 17.7 Å². The molecule has 1 aromatic heterocycles. The molecule has 1 saturated heterocycles. The number of piperidine rings is 1. The first-order chi connectivity index (χ1) is 6.29. The maximum Gasteiger partial charge on any atom is 0.127 e. The number of aromatic nitrogens is 2. The zero-order valence-corrected chi connectivity index (χ0v) is 9.34. The van der Waals surface area contributed by atoms with E-state index in [0.29, 0.717) is 5.92 Å². The lowest BCUT2D eigenvalue weighted by molar-refractivity contribution is 0.444. The highest BCUT2D eigenvalue weighted by Crippen LogP contribution is 2.29. The summed E-state index contributed by atoms with van der Waals surface area (Å²) < 4.78 is 3.14. The molecule has 72 valence electrons. The minimum atomic E-state index is 0.670. The summed E-state index contributed by atoms with van der Waals surface area (Å²) in [5.74, 6) is 0.670. The maximum atomic E-state index is 4.25. The van der Waals surface area contributed by atoms with E-state index in [2.05, 4.69) is 37.8 Å². The van der Waals surface area contributed by atoms with Gasteiger partial charge >= 0.3 is 0 Å². The fourth-order valence-electron chi connectivity index (χ4n) is 1.96. The molecule has 3 nitrogen and oxygen atoms in total. The van der Waals surface area contributed by atoms with Crippen molar-refractivity contribution in [2.45, 2.75) is 18.8 Å². The largest absolute Gasteiger partial charge is 0.336 e. The summed E-state index contributed by atoms with van der Waals surface area (Å²) in [7, 11) is 2.06. The highest BCUT2D eigenvalue weighted by molar-refractivity contribution is 9.10. The number of nitrogens with zero attached hydrogens (tertiary/aromatic N) is 2. The molecule has 0 aromatic carbocycles. The quantitative estimate of drug-likeness (QED) is 0.814. The third-order valence-corrected chi connectivity index (χ3v) is 3.27. The van der Waals surface area contributed by atoms with Gasteiger partial charge < -0.3 is 9.88 Å². The van der Waals surface area contributed by atoms with Crippen LogP contribution >= 0.6 is 15.9 Å². The number of nitrogens with one attached hydrogen (secondary N) is 1. The van der Waals surface area contributed by atoms with Crippen LogP contribution in [0, 0.1) is 0 Å². The molecule has 1 fully saturated rings. The zero-order chi connectivity index (χ0) is 9.26. The van der Waals surface area contributed by atoms with Crippen molar-refractivity contribution < 1.29 is 0 Å². The van der Waals surface area contributed by atoms with Crippen molar-refractivity contribution in [1.29, 1.82) is 0 Å². The normalized spacial score (nSPS) is 19.2. The number of halogens is 1. The van der Waals surface area contributed by atoms with Gasteiger partial charge in [-0.3, -0.25) is 0 Å². The average molecular weight is 244 g/mol. The van der Waals surface area contributed by atoms with E-state index in [1.54, 1.807) is 0 Å². The summed E-state index contributed by atoms with van der Waals surface area (Å²) in [6.45, 7) is 2.25. The summed E-state index contributed by atoms with van der Waals surface area (Å²) in [6, 6.07) is 0. The first-order valence-corrected chi connectivity index (χ1v) is 5.46. The average Bonchev–Trinajstić information content (AvgIpc) is 2.48. The third kappa shape index (κ3) is 1.79. The second kappa shape index (κ2) is 3.80. The lowest BCUT2D eigenvalue weighted by atomic mass is 9.95. The van der Waals surface area contributed by atoms with E-state index in [1.165, 1.54) is 18.5 Å². The highest BCUT2D eigenvalue weighted by atomic mass is 79.9. The Morgan fingerprint density at radius 3 is 2.77 bits per heavy atom. The Morgan fingerprint density at radius 2 is 2.23 bits per heavy atom. The zero-order valence-electron chi connectivity index (χ0n) is 7.76. The SMILES string of the molecule is Cn1cnc(Br)c1C1CCNCC1. The number of rotatable bonds is 1. The maximum absolute atomic E-state index is 4.25. The van der Waals surface area contributed by atoms with Crippen LogP contribution in [0.1, 0.15) is 24.5 Å². The Balaban J connectivity index is 2.22. The summed E-state index contributed by atoms with van der Waals surface area (Å²) in [4.78, 5) is 4.25. The third-order valence-electron chi connectivity index (χ3n) is 2.66. The molecule has 0 atom stereocenters. The smallest absolute Gasteiger partial charge is 0.127 e. The molecule has 13 heavy (non-hydrogen) atoms. The van der Waals surface area contributed by atoms with Gasteiger partial charge in [-0.2, -0.15) is 0 Å². The molecule has 1 aliphatic heterocycles. The number of imidazole rings is 1. The van der Waals surface area contributed by atoms with E-state index < -0.39 is 0 Å². The van der Waals surface area contributed by atoms with Gasteiger partial charge in [-0.15, -0.1) is 0 Å². The second-order valence-corrected chi connectivity index (χ2v) is 4.31. The van der Waals surface area contributed by atoms with Crippen molar-refractivity contribution in [1.82, 2.24) is 14.9 Å². The van der Waals surface area contributed by atoms with Crippen molar-refractivity contribution in [3.05, 3.63) is 16.6 Å². The fraction of sp³-hybridized carbons (Fsp3) is 0.667. The van der Waals surface area contributed by atoms with Gasteiger partial charge in [0.05, 0.1) is 12.0 Å². The number of hydrogen-bond donors (Lipinski definition) is 1. The fourth-order valence-corrected chi connectivity index (χ4v) is 2.66. The van der Waals surface area contributed by atoms with Crippen molar-refractivity contribution in [3.8, 4) is 0 Å². The summed E-state index contributed by atoms with van der Waals surface area (Å²) in [5, 5.41) is 3.37. The van der Waals surface area contributed by atoms with Gasteiger partial charge in [-0.05, 0) is 41.9 Å². The molecule has 1 aromatic rings. The lowest BCUT2D eigenvalue weighted by Crippen LogP contribution is -2.27. The van der Waals surface area contributed by atoms with Crippen LogP contribution in [0.5, 0.6) is 0 Å². The summed E-state index contributed by atoms with van der Waals surface area (Å²) in [6.07, 6.45) is 4.32. The number of aryl methyl sites for hydroxylation is 1. The molecule has 1 aliphatic rings. The predicted octanol–water partition coefficient (Wildman–Crippen LogP) is 1.65. The molecule has 0 unspecified atom stereocenters. The molecule has 0 amide bonds. The highest BCUT2D eigenvalue weighted by Gasteiger charge is 2.20.